The van der Waals surface area contributed by atoms with Crippen LogP contribution in [0, 0.1) is 0 Å². The summed E-state index contributed by atoms with van der Waals surface area (Å²) in [4.78, 5) is 23.2. The van der Waals surface area contributed by atoms with Gasteiger partial charge in [-0.2, -0.15) is 4.98 Å². The van der Waals surface area contributed by atoms with E-state index in [-0.39, 0.29) is 16.7 Å². The fourth-order valence-corrected chi connectivity index (χ4v) is 5.83. The lowest BCUT2D eigenvalue weighted by Gasteiger charge is -2.44. The average molecular weight is 527 g/mol. The van der Waals surface area contributed by atoms with Gasteiger partial charge < -0.3 is 23.6 Å². The highest BCUT2D eigenvalue weighted by molar-refractivity contribution is 6.74. The Morgan fingerprint density at radius 1 is 1.09 bits per heavy atom. The van der Waals surface area contributed by atoms with Gasteiger partial charge in [-0.1, -0.05) is 41.5 Å². The largest absolute Gasteiger partial charge is 0.408 e. The molecule has 2 rings (SSSR count). The van der Waals surface area contributed by atoms with Crippen LogP contribution < -0.4 is 5.69 Å². The van der Waals surface area contributed by atoms with E-state index < -0.39 is 46.9 Å². The quantitative estimate of drug-likeness (QED) is 0.309. The van der Waals surface area contributed by atoms with Crippen LogP contribution in [0.15, 0.2) is 22.1 Å². The van der Waals surface area contributed by atoms with Gasteiger partial charge in [-0.05, 0) is 42.3 Å². The minimum absolute atomic E-state index is 0.0445. The standard InChI is InChI=1S/C24H46N4O5Si2/c1-23(2,3)34(9,10)32-19-17(15-29)31-21(20(19)33-35(11,12)24(4,5)6)28-14-13-18(26-22(28)30)25-16-27(7)8/h13-14,16-17,19-21,29H,15H2,1-12H3/t17?,19-,20+,21-/m1/s1. The topological polar surface area (TPSA) is 98.4 Å². The number of aliphatic hydroxyl groups excluding tert-OH is 1. The maximum atomic E-state index is 13.1. The van der Waals surface area contributed by atoms with Crippen molar-refractivity contribution in [3.8, 4) is 0 Å². The molecule has 0 aliphatic carbocycles. The first-order valence-electron chi connectivity index (χ1n) is 12.2. The van der Waals surface area contributed by atoms with Gasteiger partial charge in [-0.15, -0.1) is 0 Å². The van der Waals surface area contributed by atoms with Gasteiger partial charge in [0.1, 0.15) is 18.3 Å². The molecule has 1 saturated heterocycles. The average Bonchev–Trinajstić information content (AvgIpc) is 3.00. The molecule has 4 atom stereocenters. The van der Waals surface area contributed by atoms with Gasteiger partial charge in [-0.25, -0.2) is 9.79 Å². The molecule has 0 radical (unpaired) electrons. The van der Waals surface area contributed by atoms with Gasteiger partial charge >= 0.3 is 5.69 Å². The molecule has 1 aliphatic rings. The summed E-state index contributed by atoms with van der Waals surface area (Å²) < 4.78 is 21.4. The summed E-state index contributed by atoms with van der Waals surface area (Å²) in [6.45, 7) is 21.5. The molecule has 0 bridgehead atoms. The number of aliphatic hydroxyl groups is 1. The molecule has 1 unspecified atom stereocenters. The van der Waals surface area contributed by atoms with Crippen LogP contribution in [0.4, 0.5) is 5.82 Å². The Kier molecular flexibility index (Phi) is 8.99. The van der Waals surface area contributed by atoms with Crippen LogP contribution in [0.3, 0.4) is 0 Å². The minimum Gasteiger partial charge on any atom is -0.408 e. The summed E-state index contributed by atoms with van der Waals surface area (Å²) in [6.07, 6.45) is 0.737. The van der Waals surface area contributed by atoms with E-state index in [9.17, 15) is 9.90 Å². The SMILES string of the molecule is CN(C)C=Nc1ccn([C@@H]2OC(CO)[C@@H](O[Si](C)(C)C(C)(C)C)[C@@H]2O[Si](C)(C)C(C)(C)C)c(=O)n1. The first-order chi connectivity index (χ1) is 15.8. The first-order valence-corrected chi connectivity index (χ1v) is 18.0. The second kappa shape index (κ2) is 10.5. The molecule has 0 spiro atoms. The predicted molar refractivity (Wildman–Crippen MR) is 145 cm³/mol. The molecule has 35 heavy (non-hydrogen) atoms. The molecular weight excluding hydrogens is 480 g/mol. The molecule has 1 aliphatic heterocycles. The zero-order valence-corrected chi connectivity index (χ0v) is 25.6. The van der Waals surface area contributed by atoms with Gasteiger partial charge in [0.25, 0.3) is 0 Å². The van der Waals surface area contributed by atoms with Gasteiger partial charge in [0.2, 0.25) is 0 Å². The zero-order chi connectivity index (χ0) is 27.0. The fourth-order valence-electron chi connectivity index (χ4n) is 3.22. The molecule has 0 aromatic carbocycles. The minimum atomic E-state index is -2.29. The normalized spacial score (nSPS) is 24.4. The zero-order valence-electron chi connectivity index (χ0n) is 23.6. The molecule has 1 fully saturated rings. The van der Waals surface area contributed by atoms with Crippen molar-refractivity contribution in [1.29, 1.82) is 0 Å². The molecule has 1 aromatic heterocycles. The monoisotopic (exact) mass is 526 g/mol. The van der Waals surface area contributed by atoms with Crippen LogP contribution in [0.1, 0.15) is 47.8 Å². The van der Waals surface area contributed by atoms with Crippen molar-refractivity contribution in [2.75, 3.05) is 20.7 Å². The summed E-state index contributed by atoms with van der Waals surface area (Å²) in [5, 5.41) is 10.1. The van der Waals surface area contributed by atoms with Crippen LogP contribution in [0.25, 0.3) is 0 Å². The van der Waals surface area contributed by atoms with Crippen molar-refractivity contribution in [2.45, 2.75) is 102 Å². The van der Waals surface area contributed by atoms with Crippen LogP contribution in [0.5, 0.6) is 0 Å². The van der Waals surface area contributed by atoms with E-state index in [1.165, 1.54) is 4.57 Å². The third kappa shape index (κ3) is 6.89. The number of nitrogens with zero attached hydrogens (tertiary/aromatic N) is 4. The summed E-state index contributed by atoms with van der Waals surface area (Å²) >= 11 is 0. The second-order valence-corrected chi connectivity index (χ2v) is 22.1. The number of hydrogen-bond donors (Lipinski definition) is 1. The lowest BCUT2D eigenvalue weighted by atomic mass is 10.1. The van der Waals surface area contributed by atoms with Crippen LogP contribution in [0.2, 0.25) is 36.3 Å². The molecule has 1 N–H and O–H groups in total. The number of rotatable bonds is 8. The van der Waals surface area contributed by atoms with Crippen molar-refractivity contribution >= 4 is 28.8 Å². The Morgan fingerprint density at radius 3 is 2.03 bits per heavy atom. The highest BCUT2D eigenvalue weighted by Crippen LogP contribution is 2.45. The fraction of sp³-hybridized carbons (Fsp3) is 0.792. The van der Waals surface area contributed by atoms with Gasteiger partial charge in [-0.3, -0.25) is 4.57 Å². The second-order valence-electron chi connectivity index (χ2n) is 12.6. The third-order valence-corrected chi connectivity index (χ3v) is 16.4. The Hall–Kier alpha value is -1.38. The van der Waals surface area contributed by atoms with E-state index in [1.54, 1.807) is 23.5 Å². The number of ether oxygens (including phenoxy) is 1. The van der Waals surface area contributed by atoms with E-state index in [2.05, 4.69) is 77.7 Å². The van der Waals surface area contributed by atoms with Crippen molar-refractivity contribution < 1.29 is 18.7 Å². The smallest absolute Gasteiger partial charge is 0.351 e. The lowest BCUT2D eigenvalue weighted by molar-refractivity contribution is -0.0529. The van der Waals surface area contributed by atoms with E-state index >= 15 is 0 Å². The van der Waals surface area contributed by atoms with E-state index in [1.807, 2.05) is 14.1 Å². The number of aliphatic imine (C=N–C) groups is 1. The molecule has 9 nitrogen and oxygen atoms in total. The van der Waals surface area contributed by atoms with Crippen molar-refractivity contribution in [2.24, 2.45) is 4.99 Å². The Labute approximate surface area is 212 Å². The summed E-state index contributed by atoms with van der Waals surface area (Å²) in [5.74, 6) is 0.313. The predicted octanol–water partition coefficient (Wildman–Crippen LogP) is 4.14. The van der Waals surface area contributed by atoms with Gasteiger partial charge in [0.15, 0.2) is 28.7 Å². The maximum absolute atomic E-state index is 13.1. The van der Waals surface area contributed by atoms with E-state index in [0.29, 0.717) is 5.82 Å². The van der Waals surface area contributed by atoms with Gasteiger partial charge in [0, 0.05) is 20.3 Å². The summed E-state index contributed by atoms with van der Waals surface area (Å²) in [5.41, 5.74) is -0.489. The van der Waals surface area contributed by atoms with Crippen LogP contribution in [-0.4, -0.2) is 81.5 Å². The highest BCUT2D eigenvalue weighted by Gasteiger charge is 2.54. The summed E-state index contributed by atoms with van der Waals surface area (Å²) in [7, 11) is -0.853. The Morgan fingerprint density at radius 2 is 1.60 bits per heavy atom. The molecule has 1 aromatic rings. The molecular formula is C24H46N4O5Si2. The van der Waals surface area contributed by atoms with Crippen molar-refractivity contribution in [1.82, 2.24) is 14.5 Å². The Balaban J connectivity index is 2.56. The third-order valence-electron chi connectivity index (χ3n) is 7.45. The molecule has 11 heteroatoms. The molecule has 0 saturated carbocycles. The van der Waals surface area contributed by atoms with E-state index in [0.717, 1.165) is 0 Å². The van der Waals surface area contributed by atoms with Crippen molar-refractivity contribution in [3.63, 3.8) is 0 Å². The number of hydrogen-bond acceptors (Lipinski definition) is 7. The maximum Gasteiger partial charge on any atom is 0.351 e. The molecule has 200 valence electrons. The molecule has 2 heterocycles. The van der Waals surface area contributed by atoms with Crippen LogP contribution >= 0.6 is 0 Å². The summed E-state index contributed by atoms with van der Waals surface area (Å²) in [6, 6.07) is 1.67. The van der Waals surface area contributed by atoms with Crippen LogP contribution in [-0.2, 0) is 13.6 Å². The van der Waals surface area contributed by atoms with Gasteiger partial charge in [0.05, 0.1) is 12.9 Å². The Bertz CT molecular complexity index is 950. The molecule has 0 amide bonds. The van der Waals surface area contributed by atoms with E-state index in [4.69, 9.17) is 13.6 Å². The van der Waals surface area contributed by atoms with Crippen molar-refractivity contribution in [3.05, 3.63) is 22.7 Å². The first kappa shape index (κ1) is 29.9. The number of aromatic nitrogens is 2. The highest BCUT2D eigenvalue weighted by atomic mass is 28.4. The lowest BCUT2D eigenvalue weighted by Crippen LogP contribution is -2.54.